The first-order valence-corrected chi connectivity index (χ1v) is 13.3. The van der Waals surface area contributed by atoms with Gasteiger partial charge in [0.25, 0.3) is 32.5 Å². The zero-order valence-electron chi connectivity index (χ0n) is 19.0. The summed E-state index contributed by atoms with van der Waals surface area (Å²) in [5.41, 5.74) is -0.0455. The maximum absolute atomic E-state index is 13.7. The summed E-state index contributed by atoms with van der Waals surface area (Å²) >= 11 is 0. The molecule has 1 aliphatic heterocycles. The zero-order chi connectivity index (χ0) is 26.7. The van der Waals surface area contributed by atoms with E-state index in [0.717, 1.165) is 10.5 Å². The van der Waals surface area contributed by atoms with Crippen LogP contribution in [0, 0.1) is 0 Å². The number of benzene rings is 1. The highest BCUT2D eigenvalue weighted by molar-refractivity contribution is 7.93. The van der Waals surface area contributed by atoms with Gasteiger partial charge in [0.15, 0.2) is 11.5 Å². The van der Waals surface area contributed by atoms with Crippen molar-refractivity contribution in [1.82, 2.24) is 19.2 Å². The predicted octanol–water partition coefficient (Wildman–Crippen LogP) is 0.647. The van der Waals surface area contributed by atoms with Gasteiger partial charge in [-0.15, -0.1) is 5.10 Å². The van der Waals surface area contributed by atoms with E-state index in [4.69, 9.17) is 14.6 Å². The van der Waals surface area contributed by atoms with Crippen molar-refractivity contribution in [3.63, 3.8) is 0 Å². The largest absolute Gasteiger partial charge is 0.485 e. The number of sulfonamides is 1. The Labute approximate surface area is 205 Å². The molecule has 2 heterocycles. The van der Waals surface area contributed by atoms with E-state index in [1.54, 1.807) is 6.92 Å². The number of aromatic nitrogens is 2. The number of alkyl halides is 2. The minimum absolute atomic E-state index is 0.00681. The monoisotopic (exact) mass is 554 g/mol. The van der Waals surface area contributed by atoms with Gasteiger partial charge in [-0.25, -0.2) is 26.7 Å². The zero-order valence-corrected chi connectivity index (χ0v) is 20.6. The Morgan fingerprint density at radius 3 is 2.67 bits per heavy atom. The van der Waals surface area contributed by atoms with Crippen molar-refractivity contribution in [2.24, 2.45) is 0 Å². The van der Waals surface area contributed by atoms with E-state index in [0.29, 0.717) is 0 Å². The number of nitrogens with zero attached hydrogens (tertiary/aromatic N) is 3. The third kappa shape index (κ3) is 6.31. The number of carbonyl (C=O) groups is 1. The quantitative estimate of drug-likeness (QED) is 0.310. The van der Waals surface area contributed by atoms with Crippen LogP contribution in [0.3, 0.4) is 0 Å². The maximum atomic E-state index is 13.7. The molecule has 3 rings (SSSR count). The Hall–Kier alpha value is -3.22. The first kappa shape index (κ1) is 27.4. The van der Waals surface area contributed by atoms with Crippen molar-refractivity contribution in [3.05, 3.63) is 24.4 Å². The van der Waals surface area contributed by atoms with E-state index < -0.39 is 62.8 Å². The number of amides is 1. The number of ether oxygens (including phenoxy) is 2. The van der Waals surface area contributed by atoms with Crippen LogP contribution in [-0.4, -0.2) is 77.1 Å². The van der Waals surface area contributed by atoms with Gasteiger partial charge in [0.1, 0.15) is 11.9 Å². The van der Waals surface area contributed by atoms with Crippen molar-refractivity contribution in [2.45, 2.75) is 30.9 Å². The molecule has 2 aromatic rings. The molecule has 36 heavy (non-hydrogen) atoms. The standard InChI is InChI=1S/C18H24F2N6O8S2/c1-3-25-9-15(17(24-25)33-10-16(19)20)35(29,30)26-8-12(7-22-36(31,32)21-2)34-14-5-4-11(6-13(14)26)23-18(27)28/h4-6,9,12,16,21-23H,3,7-8,10H2,1-2H3,(H,27,28). The first-order valence-electron chi connectivity index (χ1n) is 10.4. The average Bonchev–Trinajstić information content (AvgIpc) is 3.25. The highest BCUT2D eigenvalue weighted by Crippen LogP contribution is 2.40. The molecule has 0 saturated heterocycles. The molecular weight excluding hydrogens is 530 g/mol. The Morgan fingerprint density at radius 2 is 2.06 bits per heavy atom. The second-order valence-electron chi connectivity index (χ2n) is 7.30. The topological polar surface area (TPSA) is 181 Å². The number of anilines is 2. The summed E-state index contributed by atoms with van der Waals surface area (Å²) in [6.07, 6.45) is -4.18. The number of halogens is 2. The van der Waals surface area contributed by atoms with Gasteiger partial charge in [-0.2, -0.15) is 13.1 Å². The molecule has 1 amide bonds. The SMILES string of the molecule is CCn1cc(S(=O)(=O)N2CC(CNS(=O)(=O)NC)Oc3ccc(NC(=O)O)cc32)c(OCC(F)F)n1. The van der Waals surface area contributed by atoms with Crippen molar-refractivity contribution >= 4 is 37.7 Å². The fourth-order valence-electron chi connectivity index (χ4n) is 3.21. The molecule has 0 aliphatic carbocycles. The molecule has 0 radical (unpaired) electrons. The number of aryl methyl sites for hydroxylation is 1. The van der Waals surface area contributed by atoms with Gasteiger partial charge in [-0.1, -0.05) is 0 Å². The highest BCUT2D eigenvalue weighted by atomic mass is 32.2. The molecule has 0 spiro atoms. The molecule has 1 aliphatic rings. The van der Waals surface area contributed by atoms with Crippen molar-refractivity contribution < 1.29 is 45.0 Å². The molecule has 18 heteroatoms. The molecule has 0 fully saturated rings. The summed E-state index contributed by atoms with van der Waals surface area (Å²) in [6, 6.07) is 3.84. The molecule has 0 saturated carbocycles. The third-order valence-electron chi connectivity index (χ3n) is 4.85. The van der Waals surface area contributed by atoms with Gasteiger partial charge < -0.3 is 14.6 Å². The van der Waals surface area contributed by atoms with Crippen molar-refractivity contribution in [1.29, 1.82) is 0 Å². The second kappa shape index (κ2) is 10.8. The molecule has 1 unspecified atom stereocenters. The van der Waals surface area contributed by atoms with E-state index in [9.17, 15) is 30.4 Å². The van der Waals surface area contributed by atoms with Gasteiger partial charge in [-0.3, -0.25) is 14.3 Å². The predicted molar refractivity (Wildman–Crippen MR) is 122 cm³/mol. The highest BCUT2D eigenvalue weighted by Gasteiger charge is 2.38. The van der Waals surface area contributed by atoms with Crippen LogP contribution in [0.1, 0.15) is 6.92 Å². The van der Waals surface area contributed by atoms with Crippen LogP contribution in [-0.2, 0) is 26.8 Å². The Kier molecular flexibility index (Phi) is 8.22. The molecule has 0 bridgehead atoms. The van der Waals surface area contributed by atoms with Gasteiger partial charge in [0, 0.05) is 25.5 Å². The second-order valence-corrected chi connectivity index (χ2v) is 10.8. The number of nitrogens with one attached hydrogen (secondary N) is 3. The summed E-state index contributed by atoms with van der Waals surface area (Å²) in [4.78, 5) is 10.6. The average molecular weight is 555 g/mol. The number of hydrogen-bond donors (Lipinski definition) is 4. The minimum atomic E-state index is -4.55. The van der Waals surface area contributed by atoms with E-state index >= 15 is 0 Å². The van der Waals surface area contributed by atoms with Crippen LogP contribution < -0.4 is 28.5 Å². The van der Waals surface area contributed by atoms with Gasteiger partial charge >= 0.3 is 6.09 Å². The Bertz CT molecular complexity index is 1320. The van der Waals surface area contributed by atoms with E-state index in [1.165, 1.54) is 29.9 Å². The normalized spacial score (nSPS) is 15.9. The molecule has 14 nitrogen and oxygen atoms in total. The van der Waals surface area contributed by atoms with Crippen molar-refractivity contribution in [2.75, 3.05) is 36.4 Å². The van der Waals surface area contributed by atoms with Crippen LogP contribution in [0.4, 0.5) is 25.0 Å². The van der Waals surface area contributed by atoms with Crippen molar-refractivity contribution in [3.8, 4) is 11.6 Å². The maximum Gasteiger partial charge on any atom is 0.409 e. The fourth-order valence-corrected chi connectivity index (χ4v) is 5.33. The number of rotatable bonds is 11. The summed E-state index contributed by atoms with van der Waals surface area (Å²) in [5.74, 6) is -0.537. The van der Waals surface area contributed by atoms with E-state index in [1.807, 2.05) is 0 Å². The van der Waals surface area contributed by atoms with E-state index in [-0.39, 0.29) is 30.2 Å². The summed E-state index contributed by atoms with van der Waals surface area (Å²) in [5, 5.41) is 15.0. The lowest BCUT2D eigenvalue weighted by Gasteiger charge is -2.35. The third-order valence-corrected chi connectivity index (χ3v) is 7.69. The smallest absolute Gasteiger partial charge is 0.409 e. The number of carboxylic acid groups (broad SMARTS) is 1. The van der Waals surface area contributed by atoms with Crippen LogP contribution in [0.5, 0.6) is 11.6 Å². The lowest BCUT2D eigenvalue weighted by molar-refractivity contribution is 0.0777. The van der Waals surface area contributed by atoms with Gasteiger partial charge in [0.2, 0.25) is 0 Å². The fraction of sp³-hybridized carbons (Fsp3) is 0.444. The molecule has 1 aromatic carbocycles. The minimum Gasteiger partial charge on any atom is -0.485 e. The van der Waals surface area contributed by atoms with Gasteiger partial charge in [0.05, 0.1) is 18.8 Å². The summed E-state index contributed by atoms with van der Waals surface area (Å²) < 4.78 is 93.5. The lowest BCUT2D eigenvalue weighted by Crippen LogP contribution is -2.49. The van der Waals surface area contributed by atoms with Crippen LogP contribution in [0.15, 0.2) is 29.3 Å². The van der Waals surface area contributed by atoms with Gasteiger partial charge in [-0.05, 0) is 25.1 Å². The molecule has 1 atom stereocenters. The number of fused-ring (bicyclic) bond motifs is 1. The molecule has 1 aromatic heterocycles. The first-order chi connectivity index (χ1) is 16.9. The summed E-state index contributed by atoms with van der Waals surface area (Å²) in [6.45, 7) is 0.0277. The molecule has 4 N–H and O–H groups in total. The lowest BCUT2D eigenvalue weighted by atomic mass is 10.2. The number of hydrogen-bond acceptors (Lipinski definition) is 8. The van der Waals surface area contributed by atoms with Crippen LogP contribution in [0.2, 0.25) is 0 Å². The molecule has 200 valence electrons. The molecular formula is C18H24F2N6O8S2. The van der Waals surface area contributed by atoms with Crippen LogP contribution in [0.25, 0.3) is 0 Å². The van der Waals surface area contributed by atoms with E-state index in [2.05, 4.69) is 19.9 Å². The Morgan fingerprint density at radius 1 is 1.33 bits per heavy atom. The summed E-state index contributed by atoms with van der Waals surface area (Å²) in [7, 11) is -7.24. The van der Waals surface area contributed by atoms with Crippen LogP contribution >= 0.6 is 0 Å². The Balaban J connectivity index is 2.06.